The van der Waals surface area contributed by atoms with Gasteiger partial charge in [0.1, 0.15) is 0 Å². The van der Waals surface area contributed by atoms with Crippen molar-refractivity contribution >= 4 is 0 Å². The van der Waals surface area contributed by atoms with E-state index in [0.29, 0.717) is 0 Å². The predicted molar refractivity (Wildman–Crippen MR) is 88.3 cm³/mol. The summed E-state index contributed by atoms with van der Waals surface area (Å²) in [6, 6.07) is 0.917. The standard InChI is InChI=1S/C19H32N2/c1-2-4-6-19(5-3-1)21-11-9-20(10-12-21)15-18-14-16-7-8-17(18)13-16/h7-8,16-19H,1-6,9-15H2/t16-,17+,18-/m1/s1. The first-order chi connectivity index (χ1) is 10.4. The molecule has 1 heterocycles. The third-order valence-electron chi connectivity index (χ3n) is 6.66. The molecule has 0 unspecified atom stereocenters. The van der Waals surface area contributed by atoms with E-state index in [1.165, 1.54) is 84.1 Å². The Labute approximate surface area is 130 Å². The zero-order valence-corrected chi connectivity index (χ0v) is 13.6. The van der Waals surface area contributed by atoms with Crippen LogP contribution in [0.15, 0.2) is 12.2 Å². The first kappa shape index (κ1) is 14.3. The molecular weight excluding hydrogens is 256 g/mol. The van der Waals surface area contributed by atoms with E-state index in [0.717, 1.165) is 23.8 Å². The molecule has 0 radical (unpaired) electrons. The summed E-state index contributed by atoms with van der Waals surface area (Å²) < 4.78 is 0. The number of nitrogens with zero attached hydrogens (tertiary/aromatic N) is 2. The molecule has 0 spiro atoms. The van der Waals surface area contributed by atoms with Gasteiger partial charge in [0.2, 0.25) is 0 Å². The van der Waals surface area contributed by atoms with E-state index < -0.39 is 0 Å². The lowest BCUT2D eigenvalue weighted by Gasteiger charge is -2.40. The largest absolute Gasteiger partial charge is 0.300 e. The van der Waals surface area contributed by atoms with Crippen molar-refractivity contribution in [1.29, 1.82) is 0 Å². The molecule has 0 aromatic heterocycles. The molecule has 0 amide bonds. The lowest BCUT2D eigenvalue weighted by molar-refractivity contribution is 0.0770. The van der Waals surface area contributed by atoms with Gasteiger partial charge in [0.05, 0.1) is 0 Å². The highest BCUT2D eigenvalue weighted by Gasteiger charge is 2.36. The van der Waals surface area contributed by atoms with Gasteiger partial charge in [-0.05, 0) is 43.4 Å². The van der Waals surface area contributed by atoms with E-state index in [1.807, 2.05) is 0 Å². The Hall–Kier alpha value is -0.340. The number of piperazine rings is 1. The van der Waals surface area contributed by atoms with Crippen LogP contribution in [-0.2, 0) is 0 Å². The minimum atomic E-state index is 0.917. The summed E-state index contributed by atoms with van der Waals surface area (Å²) in [5.41, 5.74) is 0. The molecule has 0 aromatic carbocycles. The minimum absolute atomic E-state index is 0.917. The lowest BCUT2D eigenvalue weighted by atomic mass is 9.93. The molecule has 3 aliphatic carbocycles. The van der Waals surface area contributed by atoms with Crippen LogP contribution in [0.25, 0.3) is 0 Å². The second kappa shape index (κ2) is 6.42. The van der Waals surface area contributed by atoms with Gasteiger partial charge in [0.15, 0.2) is 0 Å². The first-order valence-corrected chi connectivity index (χ1v) is 9.53. The molecular formula is C19H32N2. The van der Waals surface area contributed by atoms with Gasteiger partial charge in [0.25, 0.3) is 0 Å². The molecule has 2 saturated carbocycles. The smallest absolute Gasteiger partial charge is 0.0113 e. The molecule has 3 fully saturated rings. The summed E-state index contributed by atoms with van der Waals surface area (Å²) in [5.74, 6) is 2.84. The van der Waals surface area contributed by atoms with Crippen LogP contribution < -0.4 is 0 Å². The maximum atomic E-state index is 2.82. The summed E-state index contributed by atoms with van der Waals surface area (Å²) in [6.07, 6.45) is 16.8. The quantitative estimate of drug-likeness (QED) is 0.579. The molecule has 21 heavy (non-hydrogen) atoms. The van der Waals surface area contributed by atoms with Crippen LogP contribution in [0.4, 0.5) is 0 Å². The molecule has 1 aliphatic heterocycles. The van der Waals surface area contributed by atoms with Gasteiger partial charge in [-0.15, -0.1) is 0 Å². The van der Waals surface area contributed by atoms with Crippen LogP contribution in [0.1, 0.15) is 51.4 Å². The van der Waals surface area contributed by atoms with E-state index in [2.05, 4.69) is 22.0 Å². The number of hydrogen-bond donors (Lipinski definition) is 0. The molecule has 4 aliphatic rings. The number of allylic oxidation sites excluding steroid dienone is 2. The Morgan fingerprint density at radius 2 is 1.57 bits per heavy atom. The zero-order valence-electron chi connectivity index (χ0n) is 13.6. The van der Waals surface area contributed by atoms with Crippen molar-refractivity contribution in [3.05, 3.63) is 12.2 Å². The topological polar surface area (TPSA) is 6.48 Å². The number of rotatable bonds is 3. The van der Waals surface area contributed by atoms with Crippen molar-refractivity contribution in [3.63, 3.8) is 0 Å². The highest BCUT2D eigenvalue weighted by atomic mass is 15.3. The highest BCUT2D eigenvalue weighted by Crippen LogP contribution is 2.43. The minimum Gasteiger partial charge on any atom is -0.300 e. The second-order valence-electron chi connectivity index (χ2n) is 8.02. The van der Waals surface area contributed by atoms with Gasteiger partial charge >= 0.3 is 0 Å². The molecule has 2 heteroatoms. The number of fused-ring (bicyclic) bond motifs is 2. The predicted octanol–water partition coefficient (Wildman–Crippen LogP) is 3.54. The summed E-state index contributed by atoms with van der Waals surface area (Å²) in [7, 11) is 0. The van der Waals surface area contributed by atoms with Crippen molar-refractivity contribution < 1.29 is 0 Å². The molecule has 2 bridgehead atoms. The van der Waals surface area contributed by atoms with Crippen LogP contribution in [-0.4, -0.2) is 48.6 Å². The Morgan fingerprint density at radius 3 is 2.19 bits per heavy atom. The van der Waals surface area contributed by atoms with Crippen molar-refractivity contribution in [2.45, 2.75) is 57.4 Å². The molecule has 118 valence electrons. The fourth-order valence-electron chi connectivity index (χ4n) is 5.37. The van der Waals surface area contributed by atoms with Crippen molar-refractivity contribution in [3.8, 4) is 0 Å². The Bertz CT molecular complexity index is 362. The summed E-state index contributed by atoms with van der Waals surface area (Å²) in [6.45, 7) is 6.70. The van der Waals surface area contributed by atoms with E-state index in [9.17, 15) is 0 Å². The fraction of sp³-hybridized carbons (Fsp3) is 0.895. The second-order valence-corrected chi connectivity index (χ2v) is 8.02. The Kier molecular flexibility index (Phi) is 4.36. The van der Waals surface area contributed by atoms with Gasteiger partial charge < -0.3 is 4.90 Å². The van der Waals surface area contributed by atoms with Crippen molar-refractivity contribution in [2.75, 3.05) is 32.7 Å². The molecule has 4 rings (SSSR count). The van der Waals surface area contributed by atoms with E-state index >= 15 is 0 Å². The fourth-order valence-corrected chi connectivity index (χ4v) is 5.37. The van der Waals surface area contributed by atoms with Gasteiger partial charge in [-0.1, -0.05) is 37.8 Å². The molecule has 2 nitrogen and oxygen atoms in total. The normalized spacial score (nSPS) is 39.0. The molecule has 0 aromatic rings. The molecule has 1 saturated heterocycles. The van der Waals surface area contributed by atoms with E-state index in [-0.39, 0.29) is 0 Å². The van der Waals surface area contributed by atoms with Crippen LogP contribution in [0.5, 0.6) is 0 Å². The van der Waals surface area contributed by atoms with Gasteiger partial charge in [-0.2, -0.15) is 0 Å². The SMILES string of the molecule is C1=C[C@H]2C[C@@H]1C[C@@H]2CN1CCN(C2CCCCCC2)CC1. The van der Waals surface area contributed by atoms with Crippen LogP contribution in [0.2, 0.25) is 0 Å². The van der Waals surface area contributed by atoms with Crippen molar-refractivity contribution in [1.82, 2.24) is 9.80 Å². The molecule has 0 N–H and O–H groups in total. The number of hydrogen-bond acceptors (Lipinski definition) is 2. The Balaban J connectivity index is 1.24. The summed E-state index contributed by atoms with van der Waals surface area (Å²) in [5, 5.41) is 0. The van der Waals surface area contributed by atoms with E-state index in [4.69, 9.17) is 0 Å². The Morgan fingerprint density at radius 1 is 0.810 bits per heavy atom. The van der Waals surface area contributed by atoms with Crippen molar-refractivity contribution in [2.24, 2.45) is 17.8 Å². The average Bonchev–Trinajstić information content (AvgIpc) is 3.02. The summed E-state index contributed by atoms with van der Waals surface area (Å²) in [4.78, 5) is 5.59. The maximum absolute atomic E-state index is 2.82. The monoisotopic (exact) mass is 288 g/mol. The maximum Gasteiger partial charge on any atom is 0.0113 e. The summed E-state index contributed by atoms with van der Waals surface area (Å²) >= 11 is 0. The average molecular weight is 288 g/mol. The van der Waals surface area contributed by atoms with Crippen LogP contribution >= 0.6 is 0 Å². The third-order valence-corrected chi connectivity index (χ3v) is 6.66. The van der Waals surface area contributed by atoms with Gasteiger partial charge in [0, 0.05) is 38.8 Å². The van der Waals surface area contributed by atoms with Gasteiger partial charge in [-0.25, -0.2) is 0 Å². The van der Waals surface area contributed by atoms with E-state index in [1.54, 1.807) is 0 Å². The highest BCUT2D eigenvalue weighted by molar-refractivity contribution is 5.10. The lowest BCUT2D eigenvalue weighted by Crippen LogP contribution is -2.51. The first-order valence-electron chi connectivity index (χ1n) is 9.53. The van der Waals surface area contributed by atoms with Crippen LogP contribution in [0.3, 0.4) is 0 Å². The van der Waals surface area contributed by atoms with Crippen LogP contribution in [0, 0.1) is 17.8 Å². The zero-order chi connectivity index (χ0) is 14.1. The molecule has 3 atom stereocenters. The third kappa shape index (κ3) is 3.22. The van der Waals surface area contributed by atoms with Gasteiger partial charge in [-0.3, -0.25) is 4.90 Å².